The minimum atomic E-state index is 0.0855. The highest BCUT2D eigenvalue weighted by Gasteiger charge is 2.29. The summed E-state index contributed by atoms with van der Waals surface area (Å²) in [6.07, 6.45) is 0. The zero-order valence-electron chi connectivity index (χ0n) is 11.4. The van der Waals surface area contributed by atoms with E-state index in [0.29, 0.717) is 6.54 Å². The van der Waals surface area contributed by atoms with Crippen molar-refractivity contribution in [2.45, 2.75) is 13.0 Å². The van der Waals surface area contributed by atoms with Gasteiger partial charge in [-0.25, -0.2) is 0 Å². The summed E-state index contributed by atoms with van der Waals surface area (Å²) in [5, 5.41) is 0. The summed E-state index contributed by atoms with van der Waals surface area (Å²) < 4.78 is 0.930. The Kier molecular flexibility index (Phi) is 4.60. The van der Waals surface area contributed by atoms with Gasteiger partial charge in [-0.3, -0.25) is 4.79 Å². The maximum absolute atomic E-state index is 12.7. The Morgan fingerprint density at radius 2 is 2.21 bits per heavy atom. The first-order chi connectivity index (χ1) is 9.02. The van der Waals surface area contributed by atoms with Crippen LogP contribution in [0.1, 0.15) is 15.9 Å². The molecule has 0 saturated carbocycles. The van der Waals surface area contributed by atoms with Crippen LogP contribution in [0, 0.1) is 6.92 Å². The summed E-state index contributed by atoms with van der Waals surface area (Å²) >= 11 is 3.43. The molecule has 1 fully saturated rings. The highest BCUT2D eigenvalue weighted by molar-refractivity contribution is 9.10. The molecule has 5 heteroatoms. The number of carbonyl (C=O) groups excluding carboxylic acids is 1. The van der Waals surface area contributed by atoms with Crippen molar-refractivity contribution in [3.63, 3.8) is 0 Å². The molecule has 1 aromatic carbocycles. The van der Waals surface area contributed by atoms with E-state index in [4.69, 9.17) is 5.73 Å². The number of piperazine rings is 1. The Bertz CT molecular complexity index is 478. The molecule has 1 amide bonds. The Balaban J connectivity index is 2.25. The van der Waals surface area contributed by atoms with Gasteiger partial charge in [-0.15, -0.1) is 0 Å². The number of amides is 1. The number of nitrogens with zero attached hydrogens (tertiary/aromatic N) is 2. The van der Waals surface area contributed by atoms with Crippen LogP contribution in [0.2, 0.25) is 0 Å². The van der Waals surface area contributed by atoms with Crippen LogP contribution in [0.25, 0.3) is 0 Å². The minimum Gasteiger partial charge on any atom is -0.332 e. The largest absolute Gasteiger partial charge is 0.332 e. The molecule has 0 radical (unpaired) electrons. The number of benzene rings is 1. The van der Waals surface area contributed by atoms with Crippen LogP contribution < -0.4 is 5.73 Å². The Hall–Kier alpha value is -0.910. The monoisotopic (exact) mass is 325 g/mol. The molecule has 1 aliphatic rings. The van der Waals surface area contributed by atoms with E-state index in [0.717, 1.165) is 35.2 Å². The summed E-state index contributed by atoms with van der Waals surface area (Å²) in [6, 6.07) is 5.91. The Labute approximate surface area is 122 Å². The molecule has 0 aliphatic carbocycles. The van der Waals surface area contributed by atoms with Gasteiger partial charge in [-0.05, 0) is 31.7 Å². The van der Waals surface area contributed by atoms with Gasteiger partial charge in [0, 0.05) is 36.2 Å². The molecule has 2 N–H and O–H groups in total. The Morgan fingerprint density at radius 3 is 2.89 bits per heavy atom. The van der Waals surface area contributed by atoms with Gasteiger partial charge in [0.25, 0.3) is 5.91 Å². The lowest BCUT2D eigenvalue weighted by molar-refractivity contribution is 0.0515. The number of likely N-dealkylation sites (N-methyl/N-ethyl adjacent to an activating group) is 1. The number of carbonyl (C=O) groups is 1. The van der Waals surface area contributed by atoms with Crippen molar-refractivity contribution >= 4 is 21.8 Å². The molecule has 2 rings (SSSR count). The molecule has 1 heterocycles. The summed E-state index contributed by atoms with van der Waals surface area (Å²) in [7, 11) is 2.06. The molecule has 19 heavy (non-hydrogen) atoms. The van der Waals surface area contributed by atoms with Crippen LogP contribution in [0.3, 0.4) is 0 Å². The third-order valence-electron chi connectivity index (χ3n) is 3.65. The number of halogens is 1. The predicted octanol–water partition coefficient (Wildman–Crippen LogP) is 1.47. The Morgan fingerprint density at radius 1 is 1.47 bits per heavy atom. The first-order valence-corrected chi connectivity index (χ1v) is 7.28. The summed E-state index contributed by atoms with van der Waals surface area (Å²) in [5.74, 6) is 0.0855. The lowest BCUT2D eigenvalue weighted by Gasteiger charge is -2.39. The van der Waals surface area contributed by atoms with E-state index in [-0.39, 0.29) is 11.9 Å². The van der Waals surface area contributed by atoms with Gasteiger partial charge in [-0.2, -0.15) is 0 Å². The third kappa shape index (κ3) is 3.16. The van der Waals surface area contributed by atoms with Gasteiger partial charge in [0.1, 0.15) is 0 Å². The van der Waals surface area contributed by atoms with Crippen LogP contribution in [-0.2, 0) is 0 Å². The van der Waals surface area contributed by atoms with Gasteiger partial charge in [-0.1, -0.05) is 22.0 Å². The number of nitrogens with two attached hydrogens (primary N) is 1. The molecule has 1 atom stereocenters. The van der Waals surface area contributed by atoms with Crippen molar-refractivity contribution in [2.24, 2.45) is 5.73 Å². The van der Waals surface area contributed by atoms with Gasteiger partial charge < -0.3 is 15.5 Å². The second-order valence-electron chi connectivity index (χ2n) is 5.11. The van der Waals surface area contributed by atoms with Crippen molar-refractivity contribution in [1.29, 1.82) is 0 Å². The fourth-order valence-electron chi connectivity index (χ4n) is 2.46. The zero-order chi connectivity index (χ0) is 14.0. The maximum atomic E-state index is 12.7. The average Bonchev–Trinajstić information content (AvgIpc) is 2.40. The lowest BCUT2D eigenvalue weighted by Crippen LogP contribution is -2.56. The molecule has 4 nitrogen and oxygen atoms in total. The topological polar surface area (TPSA) is 49.6 Å². The highest BCUT2D eigenvalue weighted by atomic mass is 79.9. The van der Waals surface area contributed by atoms with E-state index in [1.807, 2.05) is 30.0 Å². The van der Waals surface area contributed by atoms with Gasteiger partial charge in [0.15, 0.2) is 0 Å². The minimum absolute atomic E-state index is 0.0855. The molecule has 1 unspecified atom stereocenters. The first-order valence-electron chi connectivity index (χ1n) is 6.48. The van der Waals surface area contributed by atoms with Gasteiger partial charge in [0.05, 0.1) is 6.04 Å². The zero-order valence-corrected chi connectivity index (χ0v) is 13.0. The van der Waals surface area contributed by atoms with E-state index in [9.17, 15) is 4.79 Å². The smallest absolute Gasteiger partial charge is 0.254 e. The quantitative estimate of drug-likeness (QED) is 0.895. The SMILES string of the molecule is Cc1ccc(Br)cc1C(=O)N1CCN(C)CC1CN. The van der Waals surface area contributed by atoms with Crippen molar-refractivity contribution in [3.05, 3.63) is 33.8 Å². The summed E-state index contributed by atoms with van der Waals surface area (Å²) in [4.78, 5) is 16.8. The maximum Gasteiger partial charge on any atom is 0.254 e. The number of hydrogen-bond donors (Lipinski definition) is 1. The first kappa shape index (κ1) is 14.5. The second kappa shape index (κ2) is 6.03. The molecule has 1 aromatic rings. The van der Waals surface area contributed by atoms with Crippen molar-refractivity contribution in [2.75, 3.05) is 33.2 Å². The third-order valence-corrected chi connectivity index (χ3v) is 4.14. The number of aryl methyl sites for hydroxylation is 1. The van der Waals surface area contributed by atoms with Crippen molar-refractivity contribution in [3.8, 4) is 0 Å². The van der Waals surface area contributed by atoms with Crippen LogP contribution in [0.5, 0.6) is 0 Å². The number of hydrogen-bond acceptors (Lipinski definition) is 3. The predicted molar refractivity (Wildman–Crippen MR) is 80.3 cm³/mol. The molecule has 0 bridgehead atoms. The van der Waals surface area contributed by atoms with E-state index in [1.54, 1.807) is 0 Å². The van der Waals surface area contributed by atoms with Gasteiger partial charge in [0.2, 0.25) is 0 Å². The normalized spacial score (nSPS) is 20.6. The molecular weight excluding hydrogens is 306 g/mol. The van der Waals surface area contributed by atoms with E-state index < -0.39 is 0 Å². The van der Waals surface area contributed by atoms with E-state index in [2.05, 4.69) is 27.9 Å². The standard InChI is InChI=1S/C14H20BrN3O/c1-10-3-4-11(15)7-13(10)14(19)18-6-5-17(2)9-12(18)8-16/h3-4,7,12H,5-6,8-9,16H2,1-2H3. The van der Waals surface area contributed by atoms with Crippen LogP contribution in [0.4, 0.5) is 0 Å². The molecule has 0 spiro atoms. The van der Waals surface area contributed by atoms with Crippen molar-refractivity contribution < 1.29 is 4.79 Å². The van der Waals surface area contributed by atoms with Crippen LogP contribution in [-0.4, -0.2) is 55.0 Å². The molecule has 0 aromatic heterocycles. The molecule has 1 saturated heterocycles. The van der Waals surface area contributed by atoms with E-state index in [1.165, 1.54) is 0 Å². The fraction of sp³-hybridized carbons (Fsp3) is 0.500. The lowest BCUT2D eigenvalue weighted by atomic mass is 10.1. The summed E-state index contributed by atoms with van der Waals surface area (Å²) in [6.45, 7) is 4.95. The van der Waals surface area contributed by atoms with Crippen molar-refractivity contribution in [1.82, 2.24) is 9.80 Å². The van der Waals surface area contributed by atoms with Crippen LogP contribution >= 0.6 is 15.9 Å². The van der Waals surface area contributed by atoms with E-state index >= 15 is 0 Å². The molecule has 104 valence electrons. The fourth-order valence-corrected chi connectivity index (χ4v) is 2.82. The second-order valence-corrected chi connectivity index (χ2v) is 6.03. The van der Waals surface area contributed by atoms with Crippen LogP contribution in [0.15, 0.2) is 22.7 Å². The summed E-state index contributed by atoms with van der Waals surface area (Å²) in [5.41, 5.74) is 7.57. The molecular formula is C14H20BrN3O. The number of rotatable bonds is 2. The molecule has 1 aliphatic heterocycles. The highest BCUT2D eigenvalue weighted by Crippen LogP contribution is 2.20. The average molecular weight is 326 g/mol. The van der Waals surface area contributed by atoms with Gasteiger partial charge >= 0.3 is 0 Å².